The Bertz CT molecular complexity index is 554. The van der Waals surface area contributed by atoms with Crippen molar-refractivity contribution >= 4 is 11.7 Å². The van der Waals surface area contributed by atoms with Crippen molar-refractivity contribution in [2.75, 3.05) is 18.5 Å². The molecule has 98 valence electrons. The van der Waals surface area contributed by atoms with Crippen LogP contribution in [0.15, 0.2) is 48.7 Å². The maximum Gasteiger partial charge on any atom is 0.259 e. The van der Waals surface area contributed by atoms with Crippen molar-refractivity contribution in [1.82, 2.24) is 4.98 Å². The quantitative estimate of drug-likeness (QED) is 0.907. The summed E-state index contributed by atoms with van der Waals surface area (Å²) in [4.78, 5) is 18.1. The van der Waals surface area contributed by atoms with Gasteiger partial charge in [0.1, 0.15) is 5.82 Å². The van der Waals surface area contributed by atoms with Gasteiger partial charge in [0.05, 0.1) is 0 Å². The number of carbonyl (C=O) groups excluding carboxylic acids is 1. The third-order valence-electron chi connectivity index (χ3n) is 2.90. The van der Waals surface area contributed by atoms with E-state index in [2.05, 4.69) is 4.98 Å². The molecule has 1 aromatic heterocycles. The molecule has 1 amide bonds. The predicted octanol–water partition coefficient (Wildman–Crippen LogP) is 1.86. The van der Waals surface area contributed by atoms with Gasteiger partial charge in [0.15, 0.2) is 0 Å². The molecular formula is C15H17N3O. The van der Waals surface area contributed by atoms with Gasteiger partial charge >= 0.3 is 0 Å². The summed E-state index contributed by atoms with van der Waals surface area (Å²) in [6.45, 7) is 0.577. The van der Waals surface area contributed by atoms with Gasteiger partial charge in [-0.05, 0) is 42.8 Å². The number of amides is 1. The average Bonchev–Trinajstić information content (AvgIpc) is 2.47. The molecule has 0 bridgehead atoms. The van der Waals surface area contributed by atoms with Crippen molar-refractivity contribution in [1.29, 1.82) is 0 Å². The zero-order valence-electron chi connectivity index (χ0n) is 10.9. The zero-order valence-corrected chi connectivity index (χ0v) is 10.9. The van der Waals surface area contributed by atoms with Crippen LogP contribution < -0.4 is 10.6 Å². The van der Waals surface area contributed by atoms with Crippen LogP contribution in [0.3, 0.4) is 0 Å². The Morgan fingerprint density at radius 2 is 2.11 bits per heavy atom. The molecule has 0 atom stereocenters. The van der Waals surface area contributed by atoms with Gasteiger partial charge in [0.25, 0.3) is 5.91 Å². The monoisotopic (exact) mass is 255 g/mol. The first-order valence-electron chi connectivity index (χ1n) is 6.20. The molecule has 4 nitrogen and oxygen atoms in total. The first kappa shape index (κ1) is 13.2. The highest BCUT2D eigenvalue weighted by Crippen LogP contribution is 2.13. The summed E-state index contributed by atoms with van der Waals surface area (Å²) < 4.78 is 0. The van der Waals surface area contributed by atoms with Gasteiger partial charge in [-0.2, -0.15) is 0 Å². The maximum absolute atomic E-state index is 12.4. The molecule has 0 spiro atoms. The summed E-state index contributed by atoms with van der Waals surface area (Å²) in [5.74, 6) is 0.564. The van der Waals surface area contributed by atoms with Crippen molar-refractivity contribution in [2.24, 2.45) is 5.73 Å². The number of nitrogens with two attached hydrogens (primary N) is 1. The maximum atomic E-state index is 12.4. The van der Waals surface area contributed by atoms with Crippen molar-refractivity contribution in [2.45, 2.75) is 6.42 Å². The van der Waals surface area contributed by atoms with Crippen LogP contribution in [0.2, 0.25) is 0 Å². The molecular weight excluding hydrogens is 238 g/mol. The smallest absolute Gasteiger partial charge is 0.259 e. The van der Waals surface area contributed by atoms with E-state index in [1.807, 2.05) is 42.5 Å². The normalized spacial score (nSPS) is 10.2. The molecule has 2 rings (SSSR count). The minimum Gasteiger partial charge on any atom is -0.330 e. The SMILES string of the molecule is CN(C(=O)c1cccc(CCN)c1)c1ccccn1. The summed E-state index contributed by atoms with van der Waals surface area (Å²) in [7, 11) is 1.72. The van der Waals surface area contributed by atoms with Crippen LogP contribution in [0.5, 0.6) is 0 Å². The highest BCUT2D eigenvalue weighted by atomic mass is 16.2. The van der Waals surface area contributed by atoms with E-state index in [9.17, 15) is 4.79 Å². The molecule has 0 unspecified atom stereocenters. The number of aromatic nitrogens is 1. The van der Waals surface area contributed by atoms with E-state index in [0.29, 0.717) is 17.9 Å². The fourth-order valence-corrected chi connectivity index (χ4v) is 1.88. The Morgan fingerprint density at radius 1 is 1.26 bits per heavy atom. The number of rotatable bonds is 4. The number of benzene rings is 1. The van der Waals surface area contributed by atoms with Crippen LogP contribution in [0, 0.1) is 0 Å². The van der Waals surface area contributed by atoms with Crippen molar-refractivity contribution < 1.29 is 4.79 Å². The minimum atomic E-state index is -0.0717. The summed E-state index contributed by atoms with van der Waals surface area (Å²) in [5.41, 5.74) is 7.26. The van der Waals surface area contributed by atoms with Gasteiger partial charge in [-0.15, -0.1) is 0 Å². The van der Waals surface area contributed by atoms with Crippen LogP contribution in [0.4, 0.5) is 5.82 Å². The Balaban J connectivity index is 2.22. The lowest BCUT2D eigenvalue weighted by atomic mass is 10.1. The lowest BCUT2D eigenvalue weighted by molar-refractivity contribution is 0.0992. The molecule has 1 aromatic carbocycles. The number of nitrogens with zero attached hydrogens (tertiary/aromatic N) is 2. The zero-order chi connectivity index (χ0) is 13.7. The standard InChI is InChI=1S/C15H17N3O/c1-18(14-7-2-3-10-17-14)15(19)13-6-4-5-12(11-13)8-9-16/h2-7,10-11H,8-9,16H2,1H3. The van der Waals surface area contributed by atoms with Gasteiger partial charge in [-0.1, -0.05) is 18.2 Å². The summed E-state index contributed by atoms with van der Waals surface area (Å²) >= 11 is 0. The molecule has 0 aliphatic carbocycles. The van der Waals surface area contributed by atoms with Crippen molar-refractivity contribution in [3.63, 3.8) is 0 Å². The van der Waals surface area contributed by atoms with Gasteiger partial charge in [0, 0.05) is 18.8 Å². The van der Waals surface area contributed by atoms with Crippen molar-refractivity contribution in [3.8, 4) is 0 Å². The van der Waals surface area contributed by atoms with Gasteiger partial charge in [-0.3, -0.25) is 9.69 Å². The molecule has 0 saturated carbocycles. The summed E-state index contributed by atoms with van der Waals surface area (Å²) in [5, 5.41) is 0. The van der Waals surface area contributed by atoms with E-state index >= 15 is 0 Å². The number of pyridine rings is 1. The molecule has 0 aliphatic rings. The highest BCUT2D eigenvalue weighted by Gasteiger charge is 2.14. The van der Waals surface area contributed by atoms with Gasteiger partial charge < -0.3 is 5.73 Å². The van der Waals surface area contributed by atoms with E-state index in [-0.39, 0.29) is 5.91 Å². The lowest BCUT2D eigenvalue weighted by Crippen LogP contribution is -2.27. The van der Waals surface area contributed by atoms with Crippen LogP contribution in [-0.2, 0) is 6.42 Å². The first-order chi connectivity index (χ1) is 9.22. The molecule has 0 radical (unpaired) electrons. The molecule has 0 aliphatic heterocycles. The fraction of sp³-hybridized carbons (Fsp3) is 0.200. The Kier molecular flexibility index (Phi) is 4.26. The van der Waals surface area contributed by atoms with E-state index in [0.717, 1.165) is 12.0 Å². The summed E-state index contributed by atoms with van der Waals surface area (Å²) in [6.07, 6.45) is 2.44. The molecule has 2 aromatic rings. The third-order valence-corrected chi connectivity index (χ3v) is 2.90. The minimum absolute atomic E-state index is 0.0717. The van der Waals surface area contributed by atoms with E-state index in [1.54, 1.807) is 18.1 Å². The fourth-order valence-electron chi connectivity index (χ4n) is 1.88. The highest BCUT2D eigenvalue weighted by molar-refractivity contribution is 6.05. The molecule has 1 heterocycles. The molecule has 2 N–H and O–H groups in total. The largest absolute Gasteiger partial charge is 0.330 e. The Morgan fingerprint density at radius 3 is 2.79 bits per heavy atom. The first-order valence-corrected chi connectivity index (χ1v) is 6.20. The Labute approximate surface area is 112 Å². The molecule has 0 saturated heterocycles. The van der Waals surface area contributed by atoms with Crippen LogP contribution in [0.25, 0.3) is 0 Å². The molecule has 19 heavy (non-hydrogen) atoms. The van der Waals surface area contributed by atoms with E-state index < -0.39 is 0 Å². The summed E-state index contributed by atoms with van der Waals surface area (Å²) in [6, 6.07) is 13.0. The van der Waals surface area contributed by atoms with Crippen LogP contribution >= 0.6 is 0 Å². The molecule has 4 heteroatoms. The topological polar surface area (TPSA) is 59.2 Å². The average molecular weight is 255 g/mol. The second-order valence-electron chi connectivity index (χ2n) is 4.29. The number of anilines is 1. The van der Waals surface area contributed by atoms with E-state index in [1.165, 1.54) is 0 Å². The van der Waals surface area contributed by atoms with Crippen molar-refractivity contribution in [3.05, 3.63) is 59.8 Å². The Hall–Kier alpha value is -2.20. The third kappa shape index (κ3) is 3.17. The number of hydrogen-bond donors (Lipinski definition) is 1. The van der Waals surface area contributed by atoms with Gasteiger partial charge in [-0.25, -0.2) is 4.98 Å². The van der Waals surface area contributed by atoms with Gasteiger partial charge in [0.2, 0.25) is 0 Å². The second-order valence-corrected chi connectivity index (χ2v) is 4.29. The number of carbonyl (C=O) groups is 1. The second kappa shape index (κ2) is 6.11. The molecule has 0 fully saturated rings. The van der Waals surface area contributed by atoms with Crippen LogP contribution in [-0.4, -0.2) is 24.5 Å². The predicted molar refractivity (Wildman–Crippen MR) is 76.2 cm³/mol. The van der Waals surface area contributed by atoms with E-state index in [4.69, 9.17) is 5.73 Å². The number of hydrogen-bond acceptors (Lipinski definition) is 3. The lowest BCUT2D eigenvalue weighted by Gasteiger charge is -2.16. The van der Waals surface area contributed by atoms with Crippen LogP contribution in [0.1, 0.15) is 15.9 Å².